The maximum atomic E-state index is 11.9. The van der Waals surface area contributed by atoms with Crippen LogP contribution in [-0.2, 0) is 43.6 Å². The zero-order valence-corrected chi connectivity index (χ0v) is 39.6. The molecule has 0 radical (unpaired) electrons. The molecular weight excluding hydrogens is 744 g/mol. The molecule has 1 N–H and O–H groups in total. The van der Waals surface area contributed by atoms with Gasteiger partial charge in [0.15, 0.2) is 11.1 Å². The summed E-state index contributed by atoms with van der Waals surface area (Å²) < 4.78 is 42.5. The summed E-state index contributed by atoms with van der Waals surface area (Å²) >= 11 is -2.11. The van der Waals surface area contributed by atoms with Crippen molar-refractivity contribution in [3.63, 3.8) is 0 Å². The van der Waals surface area contributed by atoms with Crippen molar-refractivity contribution < 1.29 is 22.3 Å². The third-order valence-corrected chi connectivity index (χ3v) is 12.3. The molecule has 5 rings (SSSR count). The van der Waals surface area contributed by atoms with E-state index in [1.807, 2.05) is 0 Å². The summed E-state index contributed by atoms with van der Waals surface area (Å²) in [6.07, 6.45) is 0. The lowest BCUT2D eigenvalue weighted by Gasteiger charge is -2.31. The Morgan fingerprint density at radius 2 is 0.789 bits per heavy atom. The molecule has 5 aromatic carbocycles. The number of rotatable bonds is 7. The van der Waals surface area contributed by atoms with E-state index in [9.17, 15) is 8.76 Å². The minimum atomic E-state index is -2.12. The minimum Gasteiger partial charge on any atom is -0.409 e. The second-order valence-corrected chi connectivity index (χ2v) is 23.9. The fourth-order valence-electron chi connectivity index (χ4n) is 7.13. The molecule has 0 aliphatic heterocycles. The quantitative estimate of drug-likeness (QED) is 0.131. The molecule has 0 aromatic heterocycles. The van der Waals surface area contributed by atoms with Crippen LogP contribution in [0.3, 0.4) is 0 Å². The Kier molecular flexibility index (Phi) is 12.0. The number of fused-ring (bicyclic) bond motifs is 2. The van der Waals surface area contributed by atoms with Crippen molar-refractivity contribution in [3.8, 4) is 17.2 Å². The first-order valence-corrected chi connectivity index (χ1v) is 22.4. The van der Waals surface area contributed by atoms with Crippen LogP contribution in [0.1, 0.15) is 158 Å². The summed E-state index contributed by atoms with van der Waals surface area (Å²) in [5.74, 6) is 1.87. The normalized spacial score (nSPS) is 14.0. The highest BCUT2D eigenvalue weighted by atomic mass is 32.2. The smallest absolute Gasteiger partial charge is 0.409 e. The van der Waals surface area contributed by atoms with Gasteiger partial charge in [-0.1, -0.05) is 149 Å². The molecule has 57 heavy (non-hydrogen) atoms. The average molecular weight is 811 g/mol. The Bertz CT molecular complexity index is 2160. The van der Waals surface area contributed by atoms with Crippen molar-refractivity contribution in [2.24, 2.45) is 0 Å². The van der Waals surface area contributed by atoms with Gasteiger partial charge in [-0.3, -0.25) is 0 Å². The van der Waals surface area contributed by atoms with Crippen molar-refractivity contribution in [2.75, 3.05) is 0 Å². The molecule has 0 saturated heterocycles. The van der Waals surface area contributed by atoms with Crippen LogP contribution in [0.15, 0.2) is 77.7 Å². The van der Waals surface area contributed by atoms with E-state index in [1.54, 1.807) is 24.3 Å². The van der Waals surface area contributed by atoms with E-state index in [0.717, 1.165) is 21.9 Å². The van der Waals surface area contributed by atoms with Crippen LogP contribution in [0.2, 0.25) is 0 Å². The molecule has 0 fully saturated rings. The van der Waals surface area contributed by atoms with Crippen molar-refractivity contribution in [3.05, 3.63) is 106 Å². The second kappa shape index (κ2) is 15.3. The number of hydrogen-bond donors (Lipinski definition) is 1. The van der Waals surface area contributed by atoms with Crippen LogP contribution >= 0.6 is 8.60 Å². The third kappa shape index (κ3) is 10.2. The van der Waals surface area contributed by atoms with Crippen molar-refractivity contribution in [1.29, 1.82) is 0 Å². The molecule has 1 unspecified atom stereocenters. The fraction of sp³-hybridized carbons (Fsp3) is 0.480. The molecule has 0 heterocycles. The SMILES string of the molecule is CC(C)(C)c1cc(C(C)(C)C)c2cc(OP(Oc3ccc(S(=O)O)cc3)Oc3cc4c(C(C)(C)C)cc(C(C)(C)C)cc4cc3C(C)(C)C)c(C(C)(C)C)cc2c1. The van der Waals surface area contributed by atoms with Crippen LogP contribution in [0.25, 0.3) is 21.5 Å². The highest BCUT2D eigenvalue weighted by Gasteiger charge is 2.32. The summed E-state index contributed by atoms with van der Waals surface area (Å²) in [6.45, 7) is 40.4. The maximum absolute atomic E-state index is 11.9. The summed E-state index contributed by atoms with van der Waals surface area (Å²) in [5.41, 5.74) is 6.34. The predicted octanol–water partition coefficient (Wildman–Crippen LogP) is 15.1. The molecule has 7 heteroatoms. The van der Waals surface area contributed by atoms with E-state index >= 15 is 0 Å². The predicted molar refractivity (Wildman–Crippen MR) is 244 cm³/mol. The van der Waals surface area contributed by atoms with Gasteiger partial charge in [-0.25, -0.2) is 4.21 Å². The Morgan fingerprint density at radius 3 is 1.09 bits per heavy atom. The highest BCUT2D eigenvalue weighted by molar-refractivity contribution is 7.79. The van der Waals surface area contributed by atoms with Gasteiger partial charge in [0.05, 0.1) is 4.90 Å². The average Bonchev–Trinajstić information content (AvgIpc) is 3.04. The first kappa shape index (κ1) is 44.7. The molecule has 308 valence electrons. The Morgan fingerprint density at radius 1 is 0.439 bits per heavy atom. The largest absolute Gasteiger partial charge is 0.530 e. The van der Waals surface area contributed by atoms with Gasteiger partial charge < -0.3 is 18.1 Å². The van der Waals surface area contributed by atoms with E-state index in [2.05, 4.69) is 173 Å². The van der Waals surface area contributed by atoms with E-state index in [0.29, 0.717) is 17.2 Å². The standard InChI is InChI=1S/C50H67O5PS/c1-45(2,3)33-23-31-25-41(49(13,14)15)43(29-37(31)39(27-33)47(7,8)9)54-56(53-35-19-21-36(22-20-35)57(51)52)55-44-30-38-32(26-42(44)50(16,17)18)24-34(46(4,5)6)28-40(38)48(10,11)12/h19-30H,1-18H3,(H,51,52). The molecule has 0 amide bonds. The summed E-state index contributed by atoms with van der Waals surface area (Å²) in [4.78, 5) is 0.288. The lowest BCUT2D eigenvalue weighted by Crippen LogP contribution is -2.19. The van der Waals surface area contributed by atoms with Crippen LogP contribution in [0.4, 0.5) is 0 Å². The van der Waals surface area contributed by atoms with Crippen LogP contribution in [0, 0.1) is 0 Å². The lowest BCUT2D eigenvalue weighted by molar-refractivity contribution is 0.377. The molecule has 0 aliphatic rings. The van der Waals surface area contributed by atoms with E-state index in [-0.39, 0.29) is 37.4 Å². The highest BCUT2D eigenvalue weighted by Crippen LogP contribution is 2.50. The van der Waals surface area contributed by atoms with E-state index < -0.39 is 19.7 Å². The van der Waals surface area contributed by atoms with Crippen molar-refractivity contribution >= 4 is 41.2 Å². The third-order valence-electron chi connectivity index (χ3n) is 10.6. The summed E-state index contributed by atoms with van der Waals surface area (Å²) in [6, 6.07) is 24.9. The van der Waals surface area contributed by atoms with Gasteiger partial charge in [-0.05, 0) is 125 Å². The molecule has 0 saturated carbocycles. The summed E-state index contributed by atoms with van der Waals surface area (Å²) in [7, 11) is -2.12. The molecule has 1 atom stereocenters. The van der Waals surface area contributed by atoms with E-state index in [4.69, 9.17) is 13.6 Å². The zero-order valence-electron chi connectivity index (χ0n) is 37.9. The molecule has 5 nitrogen and oxygen atoms in total. The zero-order chi connectivity index (χ0) is 42.8. The van der Waals surface area contributed by atoms with Crippen molar-refractivity contribution in [1.82, 2.24) is 0 Å². The number of hydrogen-bond acceptors (Lipinski definition) is 4. The van der Waals surface area contributed by atoms with Gasteiger partial charge in [0.1, 0.15) is 17.2 Å². The Labute approximate surface area is 347 Å². The van der Waals surface area contributed by atoms with Crippen LogP contribution < -0.4 is 13.6 Å². The second-order valence-electron chi connectivity index (χ2n) is 21.9. The molecule has 5 aromatic rings. The molecule has 0 bridgehead atoms. The topological polar surface area (TPSA) is 65.0 Å². The van der Waals surface area contributed by atoms with Crippen molar-refractivity contribution in [2.45, 2.75) is 162 Å². The van der Waals surface area contributed by atoms with Gasteiger partial charge in [-0.2, -0.15) is 0 Å². The first-order chi connectivity index (χ1) is 25.8. The minimum absolute atomic E-state index is 0.0226. The van der Waals surface area contributed by atoms with E-state index in [1.165, 1.54) is 33.0 Å². The fourth-order valence-corrected chi connectivity index (χ4v) is 8.53. The van der Waals surface area contributed by atoms with Crippen LogP contribution in [-0.4, -0.2) is 8.76 Å². The van der Waals surface area contributed by atoms with Crippen LogP contribution in [0.5, 0.6) is 17.2 Å². The van der Waals surface area contributed by atoms with Gasteiger partial charge >= 0.3 is 8.60 Å². The lowest BCUT2D eigenvalue weighted by atomic mass is 9.76. The molecule has 0 aliphatic carbocycles. The maximum Gasteiger partial charge on any atom is 0.530 e. The van der Waals surface area contributed by atoms with Gasteiger partial charge in [0.25, 0.3) is 0 Å². The Hall–Kier alpha value is -3.44. The monoisotopic (exact) mass is 810 g/mol. The molecule has 0 spiro atoms. The summed E-state index contributed by atoms with van der Waals surface area (Å²) in [5, 5.41) is 4.62. The number of benzene rings is 5. The molecular formula is C50H67O5PS. The Balaban J connectivity index is 1.78. The van der Waals surface area contributed by atoms with Gasteiger partial charge in [-0.15, -0.1) is 0 Å². The first-order valence-electron chi connectivity index (χ1n) is 20.2. The van der Waals surface area contributed by atoms with Gasteiger partial charge in [0, 0.05) is 11.1 Å². The van der Waals surface area contributed by atoms with Gasteiger partial charge in [0.2, 0.25) is 0 Å².